The molecule has 0 aliphatic carbocycles. The Hall–Kier alpha value is -3.50. The molecule has 3 nitrogen and oxygen atoms in total. The molecule has 0 atom stereocenters. The number of hydrogen-bond donors (Lipinski definition) is 1. The van der Waals surface area contributed by atoms with Gasteiger partial charge in [0.25, 0.3) is 5.56 Å². The monoisotopic (exact) mass is 464 g/mol. The second-order valence-corrected chi connectivity index (χ2v) is 10.9. The molecule has 0 aliphatic heterocycles. The highest BCUT2D eigenvalue weighted by Gasteiger charge is 2.23. The normalized spacial score (nSPS) is 11.9. The van der Waals surface area contributed by atoms with Gasteiger partial charge in [0.05, 0.1) is 11.3 Å². The number of nitrogens with zero attached hydrogens (tertiary/aromatic N) is 1. The van der Waals surface area contributed by atoms with Gasteiger partial charge in [0.2, 0.25) is 0 Å². The van der Waals surface area contributed by atoms with Crippen molar-refractivity contribution in [3.63, 3.8) is 0 Å². The molecule has 0 saturated carbocycles. The molecule has 0 saturated heterocycles. The number of aryl methyl sites for hydroxylation is 1. The molecule has 0 aliphatic rings. The molecule has 0 fully saturated rings. The van der Waals surface area contributed by atoms with Crippen LogP contribution in [0, 0.1) is 6.92 Å². The summed E-state index contributed by atoms with van der Waals surface area (Å²) in [6.07, 6.45) is 0. The fraction of sp³-hybridized carbons (Fsp3) is 0.200. The molecule has 5 rings (SSSR count). The van der Waals surface area contributed by atoms with Crippen molar-refractivity contribution in [2.45, 2.75) is 39.0 Å². The van der Waals surface area contributed by atoms with E-state index in [2.05, 4.69) is 81.2 Å². The van der Waals surface area contributed by atoms with E-state index in [1.807, 2.05) is 36.4 Å². The summed E-state index contributed by atoms with van der Waals surface area (Å²) in [7, 11) is 0. The highest BCUT2D eigenvalue weighted by atomic mass is 32.1. The molecule has 1 N–H and O–H groups in total. The number of aromatic amines is 1. The summed E-state index contributed by atoms with van der Waals surface area (Å²) in [4.78, 5) is 23.6. The Morgan fingerprint density at radius 2 is 1.38 bits per heavy atom. The van der Waals surface area contributed by atoms with E-state index >= 15 is 0 Å². The van der Waals surface area contributed by atoms with Crippen LogP contribution in [-0.2, 0) is 5.41 Å². The molecule has 2 aromatic heterocycles. The first kappa shape index (κ1) is 22.3. The van der Waals surface area contributed by atoms with E-state index in [-0.39, 0.29) is 16.9 Å². The molecule has 0 radical (unpaired) electrons. The summed E-state index contributed by atoms with van der Waals surface area (Å²) in [5.41, 5.74) is 5.51. The minimum Gasteiger partial charge on any atom is -0.309 e. The van der Waals surface area contributed by atoms with Crippen LogP contribution in [0.2, 0.25) is 0 Å². The van der Waals surface area contributed by atoms with E-state index in [9.17, 15) is 4.79 Å². The van der Waals surface area contributed by atoms with Crippen LogP contribution in [-0.4, -0.2) is 9.97 Å². The zero-order valence-corrected chi connectivity index (χ0v) is 20.7. The van der Waals surface area contributed by atoms with Crippen LogP contribution in [0.15, 0.2) is 89.7 Å². The molecule has 0 unspecified atom stereocenters. The smallest absolute Gasteiger partial charge is 0.260 e. The van der Waals surface area contributed by atoms with Gasteiger partial charge >= 0.3 is 0 Å². The fourth-order valence-corrected chi connectivity index (χ4v) is 5.61. The lowest BCUT2D eigenvalue weighted by atomic mass is 9.86. The Morgan fingerprint density at radius 3 is 1.91 bits per heavy atom. The van der Waals surface area contributed by atoms with Gasteiger partial charge in [-0.3, -0.25) is 4.79 Å². The van der Waals surface area contributed by atoms with Crippen LogP contribution < -0.4 is 5.56 Å². The predicted molar refractivity (Wildman–Crippen MR) is 143 cm³/mol. The van der Waals surface area contributed by atoms with Crippen molar-refractivity contribution in [1.82, 2.24) is 9.97 Å². The summed E-state index contributed by atoms with van der Waals surface area (Å²) < 4.78 is 0. The quantitative estimate of drug-likeness (QED) is 0.300. The number of hydrogen-bond acceptors (Lipinski definition) is 3. The number of nitrogens with one attached hydrogen (secondary N) is 1. The van der Waals surface area contributed by atoms with E-state index in [1.54, 1.807) is 11.3 Å². The van der Waals surface area contributed by atoms with Crippen molar-refractivity contribution >= 4 is 21.6 Å². The summed E-state index contributed by atoms with van der Waals surface area (Å²) in [6.45, 7) is 8.70. The number of H-pyrrole nitrogens is 1. The SMILES string of the molecule is Cc1sc2nc(C(c3ccccc3)c3ccccc3)[nH]c(=O)c2c1-c1ccc(C(C)(C)C)cc1. The first-order chi connectivity index (χ1) is 16.3. The lowest BCUT2D eigenvalue weighted by Crippen LogP contribution is -2.16. The molecule has 5 aromatic rings. The van der Waals surface area contributed by atoms with Gasteiger partial charge in [-0.2, -0.15) is 0 Å². The van der Waals surface area contributed by atoms with Crippen molar-refractivity contribution in [2.75, 3.05) is 0 Å². The highest BCUT2D eigenvalue weighted by Crippen LogP contribution is 2.38. The van der Waals surface area contributed by atoms with Gasteiger partial charge in [-0.05, 0) is 34.6 Å². The Balaban J connectivity index is 1.67. The summed E-state index contributed by atoms with van der Waals surface area (Å²) in [5, 5.41) is 0.676. The van der Waals surface area contributed by atoms with Gasteiger partial charge in [-0.15, -0.1) is 11.3 Å². The van der Waals surface area contributed by atoms with Gasteiger partial charge in [-0.1, -0.05) is 106 Å². The van der Waals surface area contributed by atoms with Crippen LogP contribution in [0.25, 0.3) is 21.3 Å². The fourth-order valence-electron chi connectivity index (χ4n) is 4.56. The van der Waals surface area contributed by atoms with Crippen molar-refractivity contribution in [2.24, 2.45) is 0 Å². The van der Waals surface area contributed by atoms with Crippen molar-refractivity contribution in [1.29, 1.82) is 0 Å². The molecule has 170 valence electrons. The first-order valence-corrected chi connectivity index (χ1v) is 12.4. The summed E-state index contributed by atoms with van der Waals surface area (Å²) in [6, 6.07) is 29.0. The molecular formula is C30H28N2OS. The third-order valence-corrected chi connectivity index (χ3v) is 7.33. The van der Waals surface area contributed by atoms with Crippen molar-refractivity contribution in [3.8, 4) is 11.1 Å². The Bertz CT molecular complexity index is 1450. The van der Waals surface area contributed by atoms with Gasteiger partial charge in [0.1, 0.15) is 10.7 Å². The lowest BCUT2D eigenvalue weighted by Gasteiger charge is -2.19. The number of fused-ring (bicyclic) bond motifs is 1. The molecule has 0 bridgehead atoms. The van der Waals surface area contributed by atoms with Crippen LogP contribution in [0.4, 0.5) is 0 Å². The van der Waals surface area contributed by atoms with Crippen LogP contribution in [0.5, 0.6) is 0 Å². The predicted octanol–water partition coefficient (Wildman–Crippen LogP) is 7.44. The van der Waals surface area contributed by atoms with Gasteiger partial charge in [0, 0.05) is 10.4 Å². The number of benzene rings is 3. The van der Waals surface area contributed by atoms with E-state index in [1.165, 1.54) is 5.56 Å². The standard InChI is InChI=1S/C30H28N2OS/c1-19-24(22-15-17-23(18-16-22)30(2,3)4)26-28(33)31-27(32-29(26)34-19)25(20-11-7-5-8-12-20)21-13-9-6-10-14-21/h5-18,25H,1-4H3,(H,31,32,33). The second kappa shape index (κ2) is 8.69. The Labute approximate surface area is 204 Å². The average molecular weight is 465 g/mol. The Kier molecular flexibility index (Phi) is 5.70. The number of thiophene rings is 1. The molecule has 0 spiro atoms. The van der Waals surface area contributed by atoms with E-state index in [0.717, 1.165) is 32.0 Å². The molecule has 4 heteroatoms. The van der Waals surface area contributed by atoms with Crippen LogP contribution >= 0.6 is 11.3 Å². The van der Waals surface area contributed by atoms with Crippen LogP contribution in [0.3, 0.4) is 0 Å². The first-order valence-electron chi connectivity index (χ1n) is 11.6. The van der Waals surface area contributed by atoms with E-state index in [0.29, 0.717) is 11.2 Å². The maximum absolute atomic E-state index is 13.5. The van der Waals surface area contributed by atoms with Crippen LogP contribution in [0.1, 0.15) is 54.1 Å². The van der Waals surface area contributed by atoms with Gasteiger partial charge in [-0.25, -0.2) is 4.98 Å². The zero-order valence-electron chi connectivity index (χ0n) is 19.9. The molecular weight excluding hydrogens is 436 g/mol. The van der Waals surface area contributed by atoms with E-state index in [4.69, 9.17) is 4.98 Å². The van der Waals surface area contributed by atoms with E-state index < -0.39 is 0 Å². The maximum atomic E-state index is 13.5. The molecule has 2 heterocycles. The van der Waals surface area contributed by atoms with Gasteiger partial charge < -0.3 is 4.98 Å². The minimum atomic E-state index is -0.142. The lowest BCUT2D eigenvalue weighted by molar-refractivity contribution is 0.590. The van der Waals surface area contributed by atoms with Gasteiger partial charge in [0.15, 0.2) is 0 Å². The highest BCUT2D eigenvalue weighted by molar-refractivity contribution is 7.19. The average Bonchev–Trinajstić information content (AvgIpc) is 3.16. The molecule has 3 aromatic carbocycles. The second-order valence-electron chi connectivity index (χ2n) is 9.75. The minimum absolute atomic E-state index is 0.0854. The largest absolute Gasteiger partial charge is 0.309 e. The Morgan fingerprint density at radius 1 is 0.824 bits per heavy atom. The molecule has 34 heavy (non-hydrogen) atoms. The number of rotatable bonds is 4. The summed E-state index contributed by atoms with van der Waals surface area (Å²) >= 11 is 1.59. The molecule has 0 amide bonds. The topological polar surface area (TPSA) is 45.8 Å². The van der Waals surface area contributed by atoms with Crippen molar-refractivity contribution in [3.05, 3.63) is 123 Å². The third-order valence-electron chi connectivity index (χ3n) is 6.34. The maximum Gasteiger partial charge on any atom is 0.260 e. The summed E-state index contributed by atoms with van der Waals surface area (Å²) in [5.74, 6) is 0.530. The zero-order chi connectivity index (χ0) is 23.9. The van der Waals surface area contributed by atoms with Crippen molar-refractivity contribution < 1.29 is 0 Å². The third kappa shape index (κ3) is 4.10. The number of aromatic nitrogens is 2.